The molecule has 1 aromatic carbocycles. The molecular weight excluding hydrogens is 339 g/mol. The summed E-state index contributed by atoms with van der Waals surface area (Å²) in [5, 5.41) is 9.01. The van der Waals surface area contributed by atoms with Gasteiger partial charge in [-0.05, 0) is 23.8 Å². The number of hydrogen-bond donors (Lipinski definition) is 2. The van der Waals surface area contributed by atoms with Crippen LogP contribution in [-0.4, -0.2) is 20.0 Å². The van der Waals surface area contributed by atoms with E-state index >= 15 is 0 Å². The van der Waals surface area contributed by atoms with E-state index < -0.39 is 6.72 Å². The summed E-state index contributed by atoms with van der Waals surface area (Å²) in [4.78, 5) is 18.0. The lowest BCUT2D eigenvalue weighted by atomic mass is 10.2. The van der Waals surface area contributed by atoms with Gasteiger partial charge in [0.25, 0.3) is 0 Å². The van der Waals surface area contributed by atoms with Crippen LogP contribution in [0, 0.1) is 0 Å². The average Bonchev–Trinajstić information content (AvgIpc) is 2.38. The fraction of sp³-hybridized carbons (Fsp3) is 0.0909. The molecule has 2 N–H and O–H groups in total. The molecule has 0 radical (unpaired) electrons. The molecule has 0 amide bonds. The van der Waals surface area contributed by atoms with Gasteiger partial charge in [0.05, 0.1) is 0 Å². The molecule has 2 aromatic rings. The third kappa shape index (κ3) is 5.36. The first kappa shape index (κ1) is 15.7. The summed E-state index contributed by atoms with van der Waals surface area (Å²) in [7, 11) is 0. The Morgan fingerprint density at radius 2 is 1.85 bits per heavy atom. The summed E-state index contributed by atoms with van der Waals surface area (Å²) in [5.41, 5.74) is 1.11. The third-order valence-corrected chi connectivity index (χ3v) is 4.02. The summed E-state index contributed by atoms with van der Waals surface area (Å²) in [6.07, 6.45) is 0. The smallest absolute Gasteiger partial charge is 0.376 e. The number of hydrogen-bond acceptors (Lipinski definition) is 5. The Bertz CT molecular complexity index is 619. The first-order valence-electron chi connectivity index (χ1n) is 5.38. The molecule has 0 aliphatic rings. The summed E-state index contributed by atoms with van der Waals surface area (Å²) in [6.45, 7) is -3.76. The van der Waals surface area contributed by atoms with E-state index in [-0.39, 0.29) is 5.88 Å². The van der Waals surface area contributed by atoms with Crippen molar-refractivity contribution in [3.05, 3.63) is 47.0 Å². The highest BCUT2D eigenvalue weighted by Crippen LogP contribution is 2.36. The SMILES string of the molecule is OP(O)(=S)Oc1ccc(SCc2ccc(Cl)cc2)nn1. The fourth-order valence-electron chi connectivity index (χ4n) is 1.29. The van der Waals surface area contributed by atoms with Crippen molar-refractivity contribution in [2.45, 2.75) is 10.8 Å². The van der Waals surface area contributed by atoms with E-state index in [0.29, 0.717) is 10.0 Å². The van der Waals surface area contributed by atoms with Gasteiger partial charge >= 0.3 is 6.72 Å². The minimum absolute atomic E-state index is 0.00539. The van der Waals surface area contributed by atoms with E-state index in [9.17, 15) is 0 Å². The topological polar surface area (TPSA) is 75.5 Å². The van der Waals surface area contributed by atoms with Crippen LogP contribution in [-0.2, 0) is 17.6 Å². The second-order valence-corrected chi connectivity index (χ2v) is 7.73. The normalized spacial score (nSPS) is 11.3. The first-order valence-corrected chi connectivity index (χ1v) is 9.37. The van der Waals surface area contributed by atoms with Crippen LogP contribution < -0.4 is 4.52 Å². The number of halogens is 1. The van der Waals surface area contributed by atoms with Crippen LogP contribution in [0.5, 0.6) is 5.88 Å². The molecule has 1 aromatic heterocycles. The van der Waals surface area contributed by atoms with Gasteiger partial charge in [-0.15, -0.1) is 10.2 Å². The molecule has 20 heavy (non-hydrogen) atoms. The standard InChI is InChI=1S/C11H10ClN2O3PS2/c12-9-3-1-8(2-4-9)7-20-11-6-5-10(13-14-11)17-18(15,16)19/h1-6H,7H2,(H2,15,16,19). The van der Waals surface area contributed by atoms with Gasteiger partial charge in [-0.2, -0.15) is 0 Å². The highest BCUT2D eigenvalue weighted by molar-refractivity contribution is 8.06. The molecule has 0 saturated carbocycles. The van der Waals surface area contributed by atoms with E-state index in [2.05, 4.69) is 26.5 Å². The van der Waals surface area contributed by atoms with Gasteiger partial charge in [-0.3, -0.25) is 0 Å². The number of thioether (sulfide) groups is 1. The van der Waals surface area contributed by atoms with E-state index in [1.54, 1.807) is 6.07 Å². The predicted molar refractivity (Wildman–Crippen MR) is 82.4 cm³/mol. The second kappa shape index (κ2) is 6.85. The van der Waals surface area contributed by atoms with Crippen molar-refractivity contribution in [3.8, 4) is 5.88 Å². The third-order valence-electron chi connectivity index (χ3n) is 2.13. The van der Waals surface area contributed by atoms with Crippen molar-refractivity contribution >= 4 is 41.9 Å². The van der Waals surface area contributed by atoms with Crippen molar-refractivity contribution in [1.29, 1.82) is 0 Å². The lowest BCUT2D eigenvalue weighted by molar-refractivity contribution is 0.362. The van der Waals surface area contributed by atoms with Crippen LogP contribution in [0.1, 0.15) is 5.56 Å². The maximum Gasteiger partial charge on any atom is 0.376 e. The van der Waals surface area contributed by atoms with Gasteiger partial charge in [0, 0.05) is 28.6 Å². The Labute approximate surface area is 130 Å². The number of rotatable bonds is 5. The molecule has 1 heterocycles. The molecule has 0 atom stereocenters. The molecule has 0 aliphatic carbocycles. The van der Waals surface area contributed by atoms with E-state index in [1.165, 1.54) is 17.8 Å². The Morgan fingerprint density at radius 3 is 2.40 bits per heavy atom. The predicted octanol–water partition coefficient (Wildman–Crippen LogP) is 3.01. The quantitative estimate of drug-likeness (QED) is 0.635. The van der Waals surface area contributed by atoms with Crippen molar-refractivity contribution in [2.75, 3.05) is 0 Å². The van der Waals surface area contributed by atoms with Gasteiger partial charge in [-0.25, -0.2) is 0 Å². The summed E-state index contributed by atoms with van der Waals surface area (Å²) < 4.78 is 4.67. The lowest BCUT2D eigenvalue weighted by Crippen LogP contribution is -1.94. The van der Waals surface area contributed by atoms with Crippen molar-refractivity contribution < 1.29 is 14.3 Å². The molecule has 0 saturated heterocycles. The molecule has 0 spiro atoms. The van der Waals surface area contributed by atoms with Crippen LogP contribution >= 0.6 is 30.1 Å². The van der Waals surface area contributed by atoms with Crippen molar-refractivity contribution in [3.63, 3.8) is 0 Å². The maximum absolute atomic E-state index is 8.99. The zero-order valence-corrected chi connectivity index (χ0v) is 13.3. The molecule has 0 bridgehead atoms. The molecule has 2 rings (SSSR count). The van der Waals surface area contributed by atoms with Gasteiger partial charge in [0.15, 0.2) is 0 Å². The highest BCUT2D eigenvalue weighted by Gasteiger charge is 2.11. The minimum atomic E-state index is -3.76. The van der Waals surface area contributed by atoms with Gasteiger partial charge in [-0.1, -0.05) is 35.5 Å². The van der Waals surface area contributed by atoms with E-state index in [0.717, 1.165) is 11.3 Å². The largest absolute Gasteiger partial charge is 0.404 e. The molecule has 9 heteroatoms. The van der Waals surface area contributed by atoms with Crippen LogP contribution in [0.15, 0.2) is 41.4 Å². The van der Waals surface area contributed by atoms with Gasteiger partial charge < -0.3 is 14.3 Å². The summed E-state index contributed by atoms with van der Waals surface area (Å²) in [5.74, 6) is 0.721. The maximum atomic E-state index is 8.99. The van der Waals surface area contributed by atoms with Crippen LogP contribution in [0.2, 0.25) is 5.02 Å². The number of nitrogens with zero attached hydrogens (tertiary/aromatic N) is 2. The van der Waals surface area contributed by atoms with Crippen LogP contribution in [0.25, 0.3) is 0 Å². The Hall–Kier alpha value is -0.690. The average molecular weight is 349 g/mol. The van der Waals surface area contributed by atoms with Crippen LogP contribution in [0.3, 0.4) is 0 Å². The zero-order valence-electron chi connectivity index (χ0n) is 10.0. The van der Waals surface area contributed by atoms with E-state index in [1.807, 2.05) is 24.3 Å². The molecule has 106 valence electrons. The van der Waals surface area contributed by atoms with E-state index in [4.69, 9.17) is 21.4 Å². The molecule has 0 fully saturated rings. The zero-order chi connectivity index (χ0) is 14.6. The Balaban J connectivity index is 1.94. The lowest BCUT2D eigenvalue weighted by Gasteiger charge is -2.08. The molecular formula is C11H10ClN2O3PS2. The Morgan fingerprint density at radius 1 is 1.15 bits per heavy atom. The van der Waals surface area contributed by atoms with Crippen molar-refractivity contribution in [2.24, 2.45) is 0 Å². The van der Waals surface area contributed by atoms with Crippen molar-refractivity contribution in [1.82, 2.24) is 10.2 Å². The van der Waals surface area contributed by atoms with Gasteiger partial charge in [0.1, 0.15) is 5.03 Å². The molecule has 5 nitrogen and oxygen atoms in total. The second-order valence-electron chi connectivity index (χ2n) is 3.71. The first-order chi connectivity index (χ1) is 9.42. The minimum Gasteiger partial charge on any atom is -0.404 e. The highest BCUT2D eigenvalue weighted by atomic mass is 35.5. The number of aromatic nitrogens is 2. The van der Waals surface area contributed by atoms with Gasteiger partial charge in [0.2, 0.25) is 5.88 Å². The Kier molecular flexibility index (Phi) is 5.37. The molecule has 0 unspecified atom stereocenters. The fourth-order valence-corrected chi connectivity index (χ4v) is 2.76. The molecule has 0 aliphatic heterocycles. The monoisotopic (exact) mass is 348 g/mol. The van der Waals surface area contributed by atoms with Crippen LogP contribution in [0.4, 0.5) is 0 Å². The number of benzene rings is 1. The summed E-state index contributed by atoms with van der Waals surface area (Å²) in [6, 6.07) is 10.7. The summed E-state index contributed by atoms with van der Waals surface area (Å²) >= 11 is 11.6.